The van der Waals surface area contributed by atoms with E-state index in [2.05, 4.69) is 5.32 Å². The Morgan fingerprint density at radius 1 is 1.50 bits per heavy atom. The Morgan fingerprint density at radius 2 is 2.31 bits per heavy atom. The van der Waals surface area contributed by atoms with Crippen LogP contribution in [-0.4, -0.2) is 63.4 Å². The average molecular weight is 228 g/mol. The number of carbonyl (C=O) groups is 1. The Labute approximate surface area is 96.1 Å². The van der Waals surface area contributed by atoms with Crippen LogP contribution in [0.15, 0.2) is 0 Å². The van der Waals surface area contributed by atoms with E-state index in [0.29, 0.717) is 13.2 Å². The summed E-state index contributed by atoms with van der Waals surface area (Å²) >= 11 is 0. The molecule has 1 N–H and O–H groups in total. The number of amides is 1. The van der Waals surface area contributed by atoms with E-state index in [4.69, 9.17) is 9.47 Å². The Bertz CT molecular complexity index is 260. The van der Waals surface area contributed by atoms with Crippen LogP contribution in [0.4, 0.5) is 0 Å². The van der Waals surface area contributed by atoms with Gasteiger partial charge in [-0.25, -0.2) is 0 Å². The van der Waals surface area contributed by atoms with Gasteiger partial charge in [-0.15, -0.1) is 0 Å². The number of hydrogen-bond acceptors (Lipinski definition) is 4. The maximum Gasteiger partial charge on any atom is 0.229 e. The van der Waals surface area contributed by atoms with Gasteiger partial charge in [0.25, 0.3) is 0 Å². The molecule has 16 heavy (non-hydrogen) atoms. The summed E-state index contributed by atoms with van der Waals surface area (Å²) in [6.45, 7) is 2.71. The van der Waals surface area contributed by atoms with Crippen molar-refractivity contribution in [2.45, 2.75) is 18.6 Å². The molecule has 92 valence electrons. The highest BCUT2D eigenvalue weighted by atomic mass is 16.5. The fraction of sp³-hybridized carbons (Fsp3) is 0.909. The van der Waals surface area contributed by atoms with Gasteiger partial charge in [-0.3, -0.25) is 4.79 Å². The molecular formula is C11H20N2O3. The highest BCUT2D eigenvalue weighted by molar-refractivity contribution is 5.80. The number of likely N-dealkylation sites (N-methyl/N-ethyl adjacent to an activating group) is 1. The summed E-state index contributed by atoms with van der Waals surface area (Å²) in [6.07, 6.45) is 1.15. The van der Waals surface area contributed by atoms with Crippen LogP contribution in [0.5, 0.6) is 0 Å². The minimum absolute atomic E-state index is 0.0272. The van der Waals surface area contributed by atoms with Gasteiger partial charge in [-0.2, -0.15) is 0 Å². The molecular weight excluding hydrogens is 208 g/mol. The highest BCUT2D eigenvalue weighted by Gasteiger charge is 2.38. The van der Waals surface area contributed by atoms with Gasteiger partial charge in [0.05, 0.1) is 25.2 Å². The van der Waals surface area contributed by atoms with Crippen molar-refractivity contribution >= 4 is 5.91 Å². The molecule has 0 aliphatic carbocycles. The van der Waals surface area contributed by atoms with Gasteiger partial charge in [0.1, 0.15) is 0 Å². The number of methoxy groups -OCH3 is 1. The lowest BCUT2D eigenvalue weighted by Crippen LogP contribution is -2.44. The molecule has 3 atom stereocenters. The van der Waals surface area contributed by atoms with Crippen LogP contribution in [0.25, 0.3) is 0 Å². The summed E-state index contributed by atoms with van der Waals surface area (Å²) < 4.78 is 10.6. The monoisotopic (exact) mass is 228 g/mol. The summed E-state index contributed by atoms with van der Waals surface area (Å²) in [5, 5.41) is 3.14. The molecule has 0 radical (unpaired) electrons. The fourth-order valence-corrected chi connectivity index (χ4v) is 2.44. The average Bonchev–Trinajstić information content (AvgIpc) is 2.96. The SMILES string of the molecule is CNC1COCC1C(=O)N1CCC(OC)C1. The molecule has 0 aromatic heterocycles. The molecule has 2 fully saturated rings. The summed E-state index contributed by atoms with van der Waals surface area (Å²) in [6, 6.07) is 0.161. The molecule has 2 aliphatic heterocycles. The number of nitrogens with one attached hydrogen (secondary N) is 1. The smallest absolute Gasteiger partial charge is 0.229 e. The second-order valence-corrected chi connectivity index (χ2v) is 4.47. The van der Waals surface area contributed by atoms with Gasteiger partial charge in [0, 0.05) is 26.2 Å². The second-order valence-electron chi connectivity index (χ2n) is 4.47. The molecule has 3 unspecified atom stereocenters. The van der Waals surface area contributed by atoms with Crippen molar-refractivity contribution in [3.05, 3.63) is 0 Å². The van der Waals surface area contributed by atoms with E-state index in [1.807, 2.05) is 11.9 Å². The van der Waals surface area contributed by atoms with Crippen molar-refractivity contribution < 1.29 is 14.3 Å². The number of rotatable bonds is 3. The van der Waals surface area contributed by atoms with E-state index in [1.165, 1.54) is 0 Å². The molecule has 2 heterocycles. The molecule has 0 aromatic rings. The third-order valence-electron chi connectivity index (χ3n) is 3.56. The van der Waals surface area contributed by atoms with Gasteiger partial charge < -0.3 is 19.7 Å². The van der Waals surface area contributed by atoms with Crippen LogP contribution >= 0.6 is 0 Å². The quantitative estimate of drug-likeness (QED) is 0.705. The normalized spacial score (nSPS) is 34.6. The van der Waals surface area contributed by atoms with E-state index in [9.17, 15) is 4.79 Å². The zero-order chi connectivity index (χ0) is 11.5. The third kappa shape index (κ3) is 2.21. The molecule has 0 bridgehead atoms. The zero-order valence-corrected chi connectivity index (χ0v) is 9.94. The van der Waals surface area contributed by atoms with Crippen molar-refractivity contribution in [3.63, 3.8) is 0 Å². The van der Waals surface area contributed by atoms with Crippen LogP contribution in [-0.2, 0) is 14.3 Å². The van der Waals surface area contributed by atoms with Gasteiger partial charge >= 0.3 is 0 Å². The molecule has 1 amide bonds. The molecule has 2 rings (SSSR count). The molecule has 0 saturated carbocycles. The first-order valence-electron chi connectivity index (χ1n) is 5.83. The van der Waals surface area contributed by atoms with Crippen LogP contribution in [0.1, 0.15) is 6.42 Å². The number of nitrogens with zero attached hydrogens (tertiary/aromatic N) is 1. The minimum Gasteiger partial charge on any atom is -0.380 e. The first-order valence-corrected chi connectivity index (χ1v) is 5.83. The predicted octanol–water partition coefficient (Wildman–Crippen LogP) is -0.532. The van der Waals surface area contributed by atoms with Crippen molar-refractivity contribution in [3.8, 4) is 0 Å². The second kappa shape index (κ2) is 5.12. The van der Waals surface area contributed by atoms with E-state index in [1.54, 1.807) is 7.11 Å². The molecule has 5 heteroatoms. The number of carbonyl (C=O) groups excluding carboxylic acids is 1. The molecule has 2 aliphatic rings. The Hall–Kier alpha value is -0.650. The van der Waals surface area contributed by atoms with Gasteiger partial charge in [-0.05, 0) is 13.5 Å². The summed E-state index contributed by atoms with van der Waals surface area (Å²) in [7, 11) is 3.58. The summed E-state index contributed by atoms with van der Waals surface area (Å²) in [5.41, 5.74) is 0. The molecule has 0 spiro atoms. The molecule has 5 nitrogen and oxygen atoms in total. The first-order chi connectivity index (χ1) is 7.76. The predicted molar refractivity (Wildman–Crippen MR) is 59.2 cm³/mol. The van der Waals surface area contributed by atoms with Crippen LogP contribution in [0, 0.1) is 5.92 Å². The van der Waals surface area contributed by atoms with Crippen molar-refractivity contribution in [1.29, 1.82) is 0 Å². The lowest BCUT2D eigenvalue weighted by atomic mass is 10.0. The number of hydrogen-bond donors (Lipinski definition) is 1. The van der Waals surface area contributed by atoms with Gasteiger partial charge in [0.15, 0.2) is 0 Å². The largest absolute Gasteiger partial charge is 0.380 e. The Kier molecular flexibility index (Phi) is 3.78. The van der Waals surface area contributed by atoms with Crippen LogP contribution < -0.4 is 5.32 Å². The fourth-order valence-electron chi connectivity index (χ4n) is 2.44. The Morgan fingerprint density at radius 3 is 2.94 bits per heavy atom. The minimum atomic E-state index is -0.0272. The van der Waals surface area contributed by atoms with Crippen LogP contribution in [0.2, 0.25) is 0 Å². The molecule has 0 aromatic carbocycles. The number of ether oxygens (including phenoxy) is 2. The van der Waals surface area contributed by atoms with Crippen molar-refractivity contribution in [2.24, 2.45) is 5.92 Å². The first kappa shape index (κ1) is 11.8. The lowest BCUT2D eigenvalue weighted by molar-refractivity contribution is -0.135. The van der Waals surface area contributed by atoms with Gasteiger partial charge in [-0.1, -0.05) is 0 Å². The maximum atomic E-state index is 12.2. The van der Waals surface area contributed by atoms with E-state index in [0.717, 1.165) is 19.5 Å². The summed E-state index contributed by atoms with van der Waals surface area (Å²) in [5.74, 6) is 0.178. The van der Waals surface area contributed by atoms with E-state index in [-0.39, 0.29) is 24.0 Å². The highest BCUT2D eigenvalue weighted by Crippen LogP contribution is 2.20. The topological polar surface area (TPSA) is 50.8 Å². The van der Waals surface area contributed by atoms with E-state index >= 15 is 0 Å². The molecule has 2 saturated heterocycles. The van der Waals surface area contributed by atoms with E-state index < -0.39 is 0 Å². The third-order valence-corrected chi connectivity index (χ3v) is 3.56. The summed E-state index contributed by atoms with van der Waals surface area (Å²) in [4.78, 5) is 14.1. The zero-order valence-electron chi connectivity index (χ0n) is 9.94. The number of likely N-dealkylation sites (tertiary alicyclic amines) is 1. The van der Waals surface area contributed by atoms with Crippen LogP contribution in [0.3, 0.4) is 0 Å². The lowest BCUT2D eigenvalue weighted by Gasteiger charge is -2.23. The van der Waals surface area contributed by atoms with Gasteiger partial charge in [0.2, 0.25) is 5.91 Å². The standard InChI is InChI=1S/C11H20N2O3/c1-12-10-7-16-6-9(10)11(14)13-4-3-8(5-13)15-2/h8-10,12H,3-7H2,1-2H3. The van der Waals surface area contributed by atoms with Crippen molar-refractivity contribution in [2.75, 3.05) is 40.5 Å². The maximum absolute atomic E-state index is 12.2. The Balaban J connectivity index is 1.92. The van der Waals surface area contributed by atoms with Crippen molar-refractivity contribution in [1.82, 2.24) is 10.2 Å².